The Morgan fingerprint density at radius 2 is 2.00 bits per heavy atom. The standard InChI is InChI=1S/C16H14N2O3/c1-21-15-8-10(6-7-12(15)16(19)20)18-9-13(17)11-4-2-3-5-14(11)18/h2-9H,17H2,1H3,(H,19,20). The van der Waals surface area contributed by atoms with E-state index in [1.165, 1.54) is 13.2 Å². The van der Waals surface area contributed by atoms with Crippen LogP contribution in [0.1, 0.15) is 10.4 Å². The second-order valence-electron chi connectivity index (χ2n) is 4.66. The Morgan fingerprint density at radius 3 is 2.71 bits per heavy atom. The van der Waals surface area contributed by atoms with Crippen LogP contribution in [0.15, 0.2) is 48.7 Å². The molecule has 0 aliphatic carbocycles. The largest absolute Gasteiger partial charge is 0.496 e. The van der Waals surface area contributed by atoms with Crippen LogP contribution in [0.5, 0.6) is 5.75 Å². The van der Waals surface area contributed by atoms with Gasteiger partial charge in [-0.25, -0.2) is 4.79 Å². The third-order valence-corrected chi connectivity index (χ3v) is 3.44. The van der Waals surface area contributed by atoms with Gasteiger partial charge >= 0.3 is 5.97 Å². The molecule has 0 atom stereocenters. The summed E-state index contributed by atoms with van der Waals surface area (Å²) >= 11 is 0. The number of hydrogen-bond donors (Lipinski definition) is 2. The fourth-order valence-corrected chi connectivity index (χ4v) is 2.43. The van der Waals surface area contributed by atoms with Crippen LogP contribution in [0.2, 0.25) is 0 Å². The average molecular weight is 282 g/mol. The minimum atomic E-state index is -1.02. The second kappa shape index (κ2) is 4.86. The number of aromatic nitrogens is 1. The molecule has 0 saturated heterocycles. The molecule has 3 aromatic rings. The van der Waals surface area contributed by atoms with E-state index in [1.54, 1.807) is 12.1 Å². The van der Waals surface area contributed by atoms with Crippen LogP contribution >= 0.6 is 0 Å². The van der Waals surface area contributed by atoms with Gasteiger partial charge in [-0.15, -0.1) is 0 Å². The fraction of sp³-hybridized carbons (Fsp3) is 0.0625. The van der Waals surface area contributed by atoms with E-state index in [4.69, 9.17) is 15.6 Å². The second-order valence-corrected chi connectivity index (χ2v) is 4.66. The first-order chi connectivity index (χ1) is 10.1. The lowest BCUT2D eigenvalue weighted by Gasteiger charge is -2.10. The number of nitrogens with two attached hydrogens (primary N) is 1. The third kappa shape index (κ3) is 2.08. The molecule has 0 amide bonds. The van der Waals surface area contributed by atoms with Crippen LogP contribution in [-0.4, -0.2) is 22.8 Å². The summed E-state index contributed by atoms with van der Waals surface area (Å²) in [6.07, 6.45) is 1.82. The van der Waals surface area contributed by atoms with E-state index in [-0.39, 0.29) is 5.56 Å². The van der Waals surface area contributed by atoms with Crippen LogP contribution in [0.25, 0.3) is 16.6 Å². The normalized spacial score (nSPS) is 10.7. The van der Waals surface area contributed by atoms with Crippen molar-refractivity contribution >= 4 is 22.6 Å². The number of hydrogen-bond acceptors (Lipinski definition) is 3. The highest BCUT2D eigenvalue weighted by Crippen LogP contribution is 2.29. The van der Waals surface area contributed by atoms with Crippen LogP contribution in [0.4, 0.5) is 5.69 Å². The van der Waals surface area contributed by atoms with Crippen molar-refractivity contribution in [3.63, 3.8) is 0 Å². The zero-order chi connectivity index (χ0) is 15.0. The minimum absolute atomic E-state index is 0.130. The number of nitrogen functional groups attached to an aromatic ring is 1. The molecule has 0 unspecified atom stereocenters. The van der Waals surface area contributed by atoms with E-state index in [0.717, 1.165) is 16.6 Å². The van der Waals surface area contributed by atoms with Crippen molar-refractivity contribution in [2.45, 2.75) is 0 Å². The van der Waals surface area contributed by atoms with Crippen molar-refractivity contribution in [3.05, 3.63) is 54.2 Å². The van der Waals surface area contributed by atoms with E-state index in [2.05, 4.69) is 0 Å². The molecule has 0 bridgehead atoms. The molecule has 0 aliphatic heterocycles. The Balaban J connectivity index is 2.21. The van der Waals surface area contributed by atoms with Crippen molar-refractivity contribution in [2.24, 2.45) is 0 Å². The Hall–Kier alpha value is -2.95. The van der Waals surface area contributed by atoms with E-state index < -0.39 is 5.97 Å². The molecular formula is C16H14N2O3. The fourth-order valence-electron chi connectivity index (χ4n) is 2.43. The molecule has 21 heavy (non-hydrogen) atoms. The van der Waals surface area contributed by atoms with E-state index >= 15 is 0 Å². The highest BCUT2D eigenvalue weighted by Gasteiger charge is 2.13. The zero-order valence-corrected chi connectivity index (χ0v) is 11.4. The number of carboxylic acids is 1. The summed E-state index contributed by atoms with van der Waals surface area (Å²) in [6, 6.07) is 12.7. The molecule has 5 nitrogen and oxygen atoms in total. The number of benzene rings is 2. The van der Waals surface area contributed by atoms with Gasteiger partial charge in [0.2, 0.25) is 0 Å². The smallest absolute Gasteiger partial charge is 0.339 e. The maximum atomic E-state index is 11.1. The van der Waals surface area contributed by atoms with Crippen molar-refractivity contribution in [1.29, 1.82) is 0 Å². The maximum Gasteiger partial charge on any atom is 0.339 e. The third-order valence-electron chi connectivity index (χ3n) is 3.44. The lowest BCUT2D eigenvalue weighted by molar-refractivity contribution is 0.0693. The van der Waals surface area contributed by atoms with Crippen LogP contribution in [0.3, 0.4) is 0 Å². The number of carboxylic acid groups (broad SMARTS) is 1. The number of fused-ring (bicyclic) bond motifs is 1. The number of para-hydroxylation sites is 1. The van der Waals surface area contributed by atoms with Crippen molar-refractivity contribution in [2.75, 3.05) is 12.8 Å². The molecule has 0 spiro atoms. The summed E-state index contributed by atoms with van der Waals surface area (Å²) in [5.41, 5.74) is 8.57. The van der Waals surface area contributed by atoms with Crippen molar-refractivity contribution in [3.8, 4) is 11.4 Å². The summed E-state index contributed by atoms with van der Waals surface area (Å²) in [4.78, 5) is 11.1. The lowest BCUT2D eigenvalue weighted by atomic mass is 10.1. The minimum Gasteiger partial charge on any atom is -0.496 e. The summed E-state index contributed by atoms with van der Waals surface area (Å²) in [7, 11) is 1.45. The average Bonchev–Trinajstić information content (AvgIpc) is 2.84. The first-order valence-electron chi connectivity index (χ1n) is 6.39. The van der Waals surface area contributed by atoms with Crippen LogP contribution in [0, 0.1) is 0 Å². The van der Waals surface area contributed by atoms with Crippen molar-refractivity contribution < 1.29 is 14.6 Å². The molecule has 3 rings (SSSR count). The lowest BCUT2D eigenvalue weighted by Crippen LogP contribution is -2.02. The van der Waals surface area contributed by atoms with Crippen LogP contribution < -0.4 is 10.5 Å². The van der Waals surface area contributed by atoms with E-state index in [0.29, 0.717) is 11.4 Å². The topological polar surface area (TPSA) is 77.5 Å². The number of carbonyl (C=O) groups is 1. The number of ether oxygens (including phenoxy) is 1. The molecule has 0 saturated carbocycles. The monoisotopic (exact) mass is 282 g/mol. The summed E-state index contributed by atoms with van der Waals surface area (Å²) < 4.78 is 7.08. The Kier molecular flexibility index (Phi) is 3.02. The van der Waals surface area contributed by atoms with Gasteiger partial charge < -0.3 is 20.1 Å². The molecule has 0 fully saturated rings. The molecule has 1 heterocycles. The van der Waals surface area contributed by atoms with Crippen molar-refractivity contribution in [1.82, 2.24) is 4.57 Å². The highest BCUT2D eigenvalue weighted by atomic mass is 16.5. The summed E-state index contributed by atoms with van der Waals surface area (Å²) in [5.74, 6) is -0.702. The van der Waals surface area contributed by atoms with Gasteiger partial charge in [-0.2, -0.15) is 0 Å². The predicted molar refractivity (Wildman–Crippen MR) is 81.2 cm³/mol. The Labute approximate surface area is 121 Å². The first-order valence-corrected chi connectivity index (χ1v) is 6.39. The maximum absolute atomic E-state index is 11.1. The molecule has 1 aromatic heterocycles. The van der Waals surface area contributed by atoms with Gasteiger partial charge in [0.25, 0.3) is 0 Å². The quantitative estimate of drug-likeness (QED) is 0.774. The van der Waals surface area contributed by atoms with Gasteiger partial charge in [0.1, 0.15) is 11.3 Å². The highest BCUT2D eigenvalue weighted by molar-refractivity contribution is 5.94. The zero-order valence-electron chi connectivity index (χ0n) is 11.4. The Morgan fingerprint density at radius 1 is 1.24 bits per heavy atom. The molecule has 0 radical (unpaired) electrons. The number of rotatable bonds is 3. The van der Waals surface area contributed by atoms with Gasteiger partial charge in [-0.05, 0) is 18.2 Å². The SMILES string of the molecule is COc1cc(-n2cc(N)c3ccccc32)ccc1C(=O)O. The molecule has 0 aliphatic rings. The predicted octanol–water partition coefficient (Wildman–Crippen LogP) is 2.92. The van der Waals surface area contributed by atoms with Crippen LogP contribution in [-0.2, 0) is 0 Å². The van der Waals surface area contributed by atoms with Gasteiger partial charge in [-0.3, -0.25) is 0 Å². The molecule has 2 aromatic carbocycles. The molecule has 106 valence electrons. The van der Waals surface area contributed by atoms with Gasteiger partial charge in [0.15, 0.2) is 0 Å². The first kappa shape index (κ1) is 13.1. The number of nitrogens with zero attached hydrogens (tertiary/aromatic N) is 1. The number of anilines is 1. The summed E-state index contributed by atoms with van der Waals surface area (Å²) in [5, 5.41) is 10.1. The van der Waals surface area contributed by atoms with Gasteiger partial charge in [0, 0.05) is 23.3 Å². The number of methoxy groups -OCH3 is 1. The molecule has 3 N–H and O–H groups in total. The Bertz CT molecular complexity index is 837. The van der Waals surface area contributed by atoms with Gasteiger partial charge in [0.05, 0.1) is 18.3 Å². The summed E-state index contributed by atoms with van der Waals surface area (Å²) in [6.45, 7) is 0. The van der Waals surface area contributed by atoms with Gasteiger partial charge in [-0.1, -0.05) is 18.2 Å². The molecule has 5 heteroatoms. The van der Waals surface area contributed by atoms with E-state index in [9.17, 15) is 4.79 Å². The number of aromatic carboxylic acids is 1. The molecular weight excluding hydrogens is 268 g/mol. The van der Waals surface area contributed by atoms with E-state index in [1.807, 2.05) is 35.0 Å².